The van der Waals surface area contributed by atoms with Crippen molar-refractivity contribution in [3.63, 3.8) is 0 Å². The van der Waals surface area contributed by atoms with Gasteiger partial charge in [-0.25, -0.2) is 4.39 Å². The van der Waals surface area contributed by atoms with Gasteiger partial charge in [-0.2, -0.15) is 0 Å². The maximum absolute atomic E-state index is 13.2. The molecule has 1 fully saturated rings. The normalized spacial score (nSPS) is 14.8. The highest BCUT2D eigenvalue weighted by molar-refractivity contribution is 5.97. The SMILES string of the molecule is NC(=O)c1ccc(C(=O)N2CC(c3cccc(F)c3)C2)[nH]1. The summed E-state index contributed by atoms with van der Waals surface area (Å²) >= 11 is 0. The Morgan fingerprint density at radius 3 is 2.52 bits per heavy atom. The summed E-state index contributed by atoms with van der Waals surface area (Å²) in [6.07, 6.45) is 0. The van der Waals surface area contributed by atoms with Crippen molar-refractivity contribution in [2.24, 2.45) is 5.73 Å². The van der Waals surface area contributed by atoms with Gasteiger partial charge in [-0.15, -0.1) is 0 Å². The van der Waals surface area contributed by atoms with Crippen LogP contribution in [0, 0.1) is 5.82 Å². The van der Waals surface area contributed by atoms with E-state index in [2.05, 4.69) is 4.98 Å². The van der Waals surface area contributed by atoms with E-state index in [4.69, 9.17) is 5.73 Å². The Labute approximate surface area is 120 Å². The molecule has 0 unspecified atom stereocenters. The molecular formula is C15H14FN3O2. The van der Waals surface area contributed by atoms with Gasteiger partial charge in [0, 0.05) is 19.0 Å². The van der Waals surface area contributed by atoms with Crippen molar-refractivity contribution >= 4 is 11.8 Å². The molecule has 3 rings (SSSR count). The number of halogens is 1. The molecule has 1 saturated heterocycles. The van der Waals surface area contributed by atoms with E-state index < -0.39 is 5.91 Å². The van der Waals surface area contributed by atoms with Crippen molar-refractivity contribution in [3.8, 4) is 0 Å². The first kappa shape index (κ1) is 13.4. The Morgan fingerprint density at radius 2 is 1.90 bits per heavy atom. The fourth-order valence-electron chi connectivity index (χ4n) is 2.45. The number of nitrogens with one attached hydrogen (secondary N) is 1. The lowest BCUT2D eigenvalue weighted by atomic mass is 9.91. The minimum atomic E-state index is -0.602. The Hall–Kier alpha value is -2.63. The fourth-order valence-corrected chi connectivity index (χ4v) is 2.45. The predicted molar refractivity (Wildman–Crippen MR) is 74.4 cm³/mol. The summed E-state index contributed by atoms with van der Waals surface area (Å²) < 4.78 is 13.2. The van der Waals surface area contributed by atoms with Crippen LogP contribution >= 0.6 is 0 Å². The molecular weight excluding hydrogens is 273 g/mol. The van der Waals surface area contributed by atoms with Crippen molar-refractivity contribution in [2.45, 2.75) is 5.92 Å². The number of benzene rings is 1. The molecule has 1 aliphatic heterocycles. The molecule has 0 aliphatic carbocycles. The number of nitrogens with zero attached hydrogens (tertiary/aromatic N) is 1. The van der Waals surface area contributed by atoms with Crippen molar-refractivity contribution in [2.75, 3.05) is 13.1 Å². The molecule has 1 aliphatic rings. The summed E-state index contributed by atoms with van der Waals surface area (Å²) in [4.78, 5) is 27.5. The van der Waals surface area contributed by atoms with Crippen LogP contribution in [0.25, 0.3) is 0 Å². The van der Waals surface area contributed by atoms with Gasteiger partial charge in [-0.1, -0.05) is 12.1 Å². The summed E-state index contributed by atoms with van der Waals surface area (Å²) in [5.41, 5.74) is 6.57. The highest BCUT2D eigenvalue weighted by Crippen LogP contribution is 2.28. The van der Waals surface area contributed by atoms with Crippen LogP contribution in [0.3, 0.4) is 0 Å². The molecule has 1 aromatic carbocycles. The standard InChI is InChI=1S/C15H14FN3O2/c16-11-3-1-2-9(6-11)10-7-19(8-10)15(21)13-5-4-12(18-13)14(17)20/h1-6,10,18H,7-8H2,(H2,17,20). The lowest BCUT2D eigenvalue weighted by Crippen LogP contribution is -2.48. The van der Waals surface area contributed by atoms with E-state index in [0.717, 1.165) is 5.56 Å². The number of amides is 2. The molecule has 2 amide bonds. The number of aromatic nitrogens is 1. The second-order valence-electron chi connectivity index (χ2n) is 5.11. The molecule has 0 radical (unpaired) electrons. The second-order valence-corrected chi connectivity index (χ2v) is 5.11. The van der Waals surface area contributed by atoms with Gasteiger partial charge >= 0.3 is 0 Å². The lowest BCUT2D eigenvalue weighted by Gasteiger charge is -2.39. The zero-order valence-corrected chi connectivity index (χ0v) is 11.2. The topological polar surface area (TPSA) is 79.2 Å². The van der Waals surface area contributed by atoms with Crippen molar-refractivity contribution < 1.29 is 14.0 Å². The maximum Gasteiger partial charge on any atom is 0.270 e. The van der Waals surface area contributed by atoms with Gasteiger partial charge < -0.3 is 15.6 Å². The number of carbonyl (C=O) groups excluding carboxylic acids is 2. The number of likely N-dealkylation sites (tertiary alicyclic amines) is 1. The number of carbonyl (C=O) groups is 2. The number of rotatable bonds is 3. The summed E-state index contributed by atoms with van der Waals surface area (Å²) in [7, 11) is 0. The van der Waals surface area contributed by atoms with E-state index in [-0.39, 0.29) is 23.3 Å². The average Bonchev–Trinajstić information content (AvgIpc) is 2.86. The first-order valence-corrected chi connectivity index (χ1v) is 6.58. The third kappa shape index (κ3) is 2.52. The Bertz CT molecular complexity index is 704. The van der Waals surface area contributed by atoms with Gasteiger partial charge in [0.2, 0.25) is 0 Å². The third-order valence-electron chi connectivity index (χ3n) is 3.67. The molecule has 0 atom stereocenters. The number of nitrogens with two attached hydrogens (primary N) is 1. The van der Waals surface area contributed by atoms with E-state index in [1.807, 2.05) is 6.07 Å². The molecule has 5 nitrogen and oxygen atoms in total. The highest BCUT2D eigenvalue weighted by Gasteiger charge is 2.33. The zero-order valence-electron chi connectivity index (χ0n) is 11.2. The van der Waals surface area contributed by atoms with E-state index >= 15 is 0 Å². The average molecular weight is 287 g/mol. The molecule has 6 heteroatoms. The van der Waals surface area contributed by atoms with E-state index in [1.54, 1.807) is 11.0 Å². The predicted octanol–water partition coefficient (Wildman–Crippen LogP) is 1.49. The van der Waals surface area contributed by atoms with Gasteiger partial charge in [-0.3, -0.25) is 9.59 Å². The fraction of sp³-hybridized carbons (Fsp3) is 0.200. The van der Waals surface area contributed by atoms with Crippen LogP contribution < -0.4 is 5.73 Å². The molecule has 0 spiro atoms. The van der Waals surface area contributed by atoms with E-state index in [1.165, 1.54) is 24.3 Å². The van der Waals surface area contributed by atoms with Crippen LogP contribution in [0.4, 0.5) is 4.39 Å². The molecule has 108 valence electrons. The molecule has 3 N–H and O–H groups in total. The van der Waals surface area contributed by atoms with Gasteiger partial charge in [0.1, 0.15) is 17.2 Å². The molecule has 1 aromatic heterocycles. The van der Waals surface area contributed by atoms with Crippen molar-refractivity contribution in [3.05, 3.63) is 59.2 Å². The summed E-state index contributed by atoms with van der Waals surface area (Å²) in [6.45, 7) is 1.07. The van der Waals surface area contributed by atoms with Crippen molar-refractivity contribution in [1.82, 2.24) is 9.88 Å². The molecule has 2 heterocycles. The Morgan fingerprint density at radius 1 is 1.19 bits per heavy atom. The monoisotopic (exact) mass is 287 g/mol. The van der Waals surface area contributed by atoms with Crippen LogP contribution in [0.15, 0.2) is 36.4 Å². The molecule has 2 aromatic rings. The number of H-pyrrole nitrogens is 1. The smallest absolute Gasteiger partial charge is 0.270 e. The largest absolute Gasteiger partial charge is 0.364 e. The van der Waals surface area contributed by atoms with Crippen LogP contribution in [-0.2, 0) is 0 Å². The van der Waals surface area contributed by atoms with Crippen molar-refractivity contribution in [1.29, 1.82) is 0 Å². The van der Waals surface area contributed by atoms with Gasteiger partial charge in [-0.05, 0) is 29.8 Å². The first-order valence-electron chi connectivity index (χ1n) is 6.58. The summed E-state index contributed by atoms with van der Waals surface area (Å²) in [5.74, 6) is -0.909. The van der Waals surface area contributed by atoms with Crippen LogP contribution in [0.2, 0.25) is 0 Å². The first-order chi connectivity index (χ1) is 10.0. The Balaban J connectivity index is 1.65. The van der Waals surface area contributed by atoms with Gasteiger partial charge in [0.05, 0.1) is 0 Å². The number of hydrogen-bond acceptors (Lipinski definition) is 2. The minimum absolute atomic E-state index is 0.148. The van der Waals surface area contributed by atoms with Crippen LogP contribution in [-0.4, -0.2) is 34.8 Å². The second kappa shape index (κ2) is 5.05. The highest BCUT2D eigenvalue weighted by atomic mass is 19.1. The third-order valence-corrected chi connectivity index (χ3v) is 3.67. The maximum atomic E-state index is 13.2. The number of hydrogen-bond donors (Lipinski definition) is 2. The lowest BCUT2D eigenvalue weighted by molar-refractivity contribution is 0.0596. The van der Waals surface area contributed by atoms with E-state index in [9.17, 15) is 14.0 Å². The molecule has 0 bridgehead atoms. The minimum Gasteiger partial charge on any atom is -0.364 e. The quantitative estimate of drug-likeness (QED) is 0.897. The summed E-state index contributed by atoms with van der Waals surface area (Å²) in [6, 6.07) is 9.44. The number of primary amides is 1. The van der Waals surface area contributed by atoms with Crippen LogP contribution in [0.5, 0.6) is 0 Å². The molecule has 0 saturated carbocycles. The molecule has 21 heavy (non-hydrogen) atoms. The van der Waals surface area contributed by atoms with Gasteiger partial charge in [0.15, 0.2) is 0 Å². The number of aromatic amines is 1. The summed E-state index contributed by atoms with van der Waals surface area (Å²) in [5, 5.41) is 0. The van der Waals surface area contributed by atoms with Crippen LogP contribution in [0.1, 0.15) is 32.5 Å². The Kier molecular flexibility index (Phi) is 3.21. The van der Waals surface area contributed by atoms with Gasteiger partial charge in [0.25, 0.3) is 11.8 Å². The zero-order chi connectivity index (χ0) is 15.0. The van der Waals surface area contributed by atoms with E-state index in [0.29, 0.717) is 18.8 Å².